The first-order valence-corrected chi connectivity index (χ1v) is 15.0. The molecule has 0 unspecified atom stereocenters. The topological polar surface area (TPSA) is 133 Å². The summed E-state index contributed by atoms with van der Waals surface area (Å²) in [4.78, 5) is 36.6. The normalized spacial score (nSPS) is 16.4. The Hall–Kier alpha value is -4.28. The smallest absolute Gasteiger partial charge is 0.418 e. The number of rotatable bonds is 13. The Morgan fingerprint density at radius 3 is 2.56 bits per heavy atom. The van der Waals surface area contributed by atoms with E-state index < -0.39 is 36.1 Å². The van der Waals surface area contributed by atoms with Gasteiger partial charge in [0.15, 0.2) is 18.0 Å². The third-order valence-electron chi connectivity index (χ3n) is 8.32. The number of H-pyrrole nitrogens is 1. The van der Waals surface area contributed by atoms with Crippen molar-refractivity contribution in [3.05, 3.63) is 41.0 Å². The highest BCUT2D eigenvalue weighted by Crippen LogP contribution is 2.45. The van der Waals surface area contributed by atoms with Crippen molar-refractivity contribution in [3.8, 4) is 11.9 Å². The molecular formula is C31H33F5N6O3. The zero-order chi connectivity index (χ0) is 32.2. The van der Waals surface area contributed by atoms with Gasteiger partial charge in [0.25, 0.3) is 6.43 Å². The van der Waals surface area contributed by atoms with Crippen LogP contribution in [0.3, 0.4) is 0 Å². The maximum atomic E-state index is 13.9. The number of ketones is 1. The zero-order valence-corrected chi connectivity index (χ0v) is 24.4. The summed E-state index contributed by atoms with van der Waals surface area (Å²) < 4.78 is 72.7. The summed E-state index contributed by atoms with van der Waals surface area (Å²) in [7, 11) is 0. The van der Waals surface area contributed by atoms with Gasteiger partial charge in [0, 0.05) is 13.0 Å². The number of anilines is 2. The van der Waals surface area contributed by atoms with Crippen molar-refractivity contribution in [1.82, 2.24) is 20.3 Å². The van der Waals surface area contributed by atoms with E-state index in [1.54, 1.807) is 0 Å². The second-order valence-corrected chi connectivity index (χ2v) is 11.7. The number of aromatic amines is 1. The second kappa shape index (κ2) is 13.4. The van der Waals surface area contributed by atoms with Crippen molar-refractivity contribution in [2.24, 2.45) is 11.3 Å². The number of imidazole rings is 1. The van der Waals surface area contributed by atoms with E-state index in [4.69, 9.17) is 4.74 Å². The van der Waals surface area contributed by atoms with Crippen LogP contribution >= 0.6 is 0 Å². The Balaban J connectivity index is 1.36. The van der Waals surface area contributed by atoms with E-state index in [0.717, 1.165) is 25.3 Å². The van der Waals surface area contributed by atoms with Gasteiger partial charge < -0.3 is 20.4 Å². The Morgan fingerprint density at radius 1 is 1.13 bits per heavy atom. The van der Waals surface area contributed by atoms with E-state index in [9.17, 15) is 36.8 Å². The first-order valence-electron chi connectivity index (χ1n) is 15.0. The van der Waals surface area contributed by atoms with Crippen molar-refractivity contribution in [3.63, 3.8) is 0 Å². The molecule has 0 spiro atoms. The van der Waals surface area contributed by atoms with Crippen LogP contribution in [-0.2, 0) is 17.5 Å². The number of ether oxygens (including phenoxy) is 1. The lowest BCUT2D eigenvalue weighted by Crippen LogP contribution is -2.30. The number of Topliss-reactive ketones (excluding diaryl/α,β-unsaturated/α-hetero) is 1. The third kappa shape index (κ3) is 7.87. The summed E-state index contributed by atoms with van der Waals surface area (Å²) in [6.45, 7) is -1.10. The average molecular weight is 633 g/mol. The summed E-state index contributed by atoms with van der Waals surface area (Å²) >= 11 is 0. The van der Waals surface area contributed by atoms with Crippen LogP contribution in [0.5, 0.6) is 5.88 Å². The van der Waals surface area contributed by atoms with Gasteiger partial charge in [-0.1, -0.05) is 44.6 Å². The summed E-state index contributed by atoms with van der Waals surface area (Å²) in [5, 5.41) is 14.4. The number of hydrogen-bond acceptors (Lipinski definition) is 7. The van der Waals surface area contributed by atoms with Gasteiger partial charge >= 0.3 is 6.18 Å². The molecule has 2 heterocycles. The first-order chi connectivity index (χ1) is 21.5. The van der Waals surface area contributed by atoms with Crippen LogP contribution in [-0.4, -0.2) is 39.7 Å². The number of benzene rings is 1. The molecule has 0 bridgehead atoms. The van der Waals surface area contributed by atoms with Gasteiger partial charge in [0.1, 0.15) is 5.41 Å². The number of amides is 1. The monoisotopic (exact) mass is 632 g/mol. The fraction of sp³-hybridized carbons (Fsp3) is 0.516. The number of nitrogens with one attached hydrogen (secondary N) is 3. The van der Waals surface area contributed by atoms with Gasteiger partial charge in [-0.05, 0) is 48.9 Å². The lowest BCUT2D eigenvalue weighted by Gasteiger charge is -2.21. The third-order valence-corrected chi connectivity index (χ3v) is 8.32. The minimum atomic E-state index is -4.74. The first kappa shape index (κ1) is 32.1. The number of carbonyl (C=O) groups is 2. The van der Waals surface area contributed by atoms with Crippen LogP contribution in [0.4, 0.5) is 33.6 Å². The second-order valence-electron chi connectivity index (χ2n) is 11.7. The molecule has 9 nitrogen and oxygen atoms in total. The Morgan fingerprint density at radius 2 is 1.89 bits per heavy atom. The molecule has 2 aliphatic rings. The Labute approximate surface area is 255 Å². The minimum Gasteiger partial charge on any atom is -0.471 e. The summed E-state index contributed by atoms with van der Waals surface area (Å²) in [5.41, 5.74) is -1.99. The van der Waals surface area contributed by atoms with E-state index in [1.807, 2.05) is 6.07 Å². The standard InChI is InChI=1S/C31H33F5N6O3/c32-25(33)16-45-27-20(24(43)8-4-7-18-5-2-1-3-6-18)14-23-26(41-27)42-29(40-23)39-22-13-19(9-10-21(22)31(34,35)36)15-38-28(44)30(17-37)11-12-30/h9-10,13-14,18,25H,1-8,11-12,15-16H2,(H,38,44)(H2,39,40,41,42). The summed E-state index contributed by atoms with van der Waals surface area (Å²) in [5.74, 6) is -0.721. The number of carbonyl (C=O) groups excluding carboxylic acids is 2. The molecule has 2 fully saturated rings. The van der Waals surface area contributed by atoms with Gasteiger partial charge in [0.2, 0.25) is 17.7 Å². The quantitative estimate of drug-likeness (QED) is 0.134. The number of fused-ring (bicyclic) bond motifs is 1. The van der Waals surface area contributed by atoms with Crippen molar-refractivity contribution in [1.29, 1.82) is 5.26 Å². The maximum Gasteiger partial charge on any atom is 0.418 e. The molecule has 0 atom stereocenters. The number of nitriles is 1. The van der Waals surface area contributed by atoms with Crippen LogP contribution in [0.2, 0.25) is 0 Å². The van der Waals surface area contributed by atoms with E-state index in [1.165, 1.54) is 37.5 Å². The van der Waals surface area contributed by atoms with Gasteiger partial charge in [-0.15, -0.1) is 0 Å². The van der Waals surface area contributed by atoms with Crippen molar-refractivity contribution < 1.29 is 36.3 Å². The molecule has 0 aliphatic heterocycles. The number of halogens is 5. The number of pyridine rings is 1. The van der Waals surface area contributed by atoms with Gasteiger partial charge in [-0.25, -0.2) is 8.78 Å². The molecule has 0 saturated heterocycles. The largest absolute Gasteiger partial charge is 0.471 e. The highest BCUT2D eigenvalue weighted by atomic mass is 19.4. The fourth-order valence-electron chi connectivity index (χ4n) is 5.64. The molecule has 0 radical (unpaired) electrons. The Kier molecular flexibility index (Phi) is 9.55. The zero-order valence-electron chi connectivity index (χ0n) is 24.4. The molecule has 14 heteroatoms. The molecule has 1 aromatic carbocycles. The van der Waals surface area contributed by atoms with Crippen molar-refractivity contribution in [2.45, 2.75) is 83.4 Å². The molecule has 2 aromatic heterocycles. The Bertz CT molecular complexity index is 1590. The fourth-order valence-corrected chi connectivity index (χ4v) is 5.64. The van der Waals surface area contributed by atoms with Gasteiger partial charge in [0.05, 0.1) is 28.4 Å². The summed E-state index contributed by atoms with van der Waals surface area (Å²) in [6.07, 6.45) is 0.811. The lowest BCUT2D eigenvalue weighted by atomic mass is 9.85. The highest BCUT2D eigenvalue weighted by Gasteiger charge is 2.50. The number of alkyl halides is 5. The molecule has 2 saturated carbocycles. The minimum absolute atomic E-state index is 0.0125. The van der Waals surface area contributed by atoms with E-state index in [2.05, 4.69) is 25.6 Å². The number of aromatic nitrogens is 3. The van der Waals surface area contributed by atoms with Crippen LogP contribution in [0, 0.1) is 22.7 Å². The molecule has 2 aliphatic carbocycles. The van der Waals surface area contributed by atoms with Crippen LogP contribution < -0.4 is 15.4 Å². The van der Waals surface area contributed by atoms with Gasteiger partial charge in [-0.3, -0.25) is 9.59 Å². The van der Waals surface area contributed by atoms with E-state index in [-0.39, 0.29) is 53.0 Å². The predicted molar refractivity (Wildman–Crippen MR) is 154 cm³/mol. The van der Waals surface area contributed by atoms with E-state index >= 15 is 0 Å². The average Bonchev–Trinajstić information content (AvgIpc) is 3.72. The predicted octanol–water partition coefficient (Wildman–Crippen LogP) is 7.22. The van der Waals surface area contributed by atoms with Crippen LogP contribution in [0.15, 0.2) is 24.3 Å². The van der Waals surface area contributed by atoms with E-state index in [0.29, 0.717) is 30.7 Å². The molecular weight excluding hydrogens is 599 g/mol. The van der Waals surface area contributed by atoms with Crippen molar-refractivity contribution in [2.75, 3.05) is 11.9 Å². The number of hydrogen-bond donors (Lipinski definition) is 3. The molecule has 1 amide bonds. The lowest BCUT2D eigenvalue weighted by molar-refractivity contribution is -0.137. The molecule has 240 valence electrons. The van der Waals surface area contributed by atoms with Crippen LogP contribution in [0.25, 0.3) is 11.2 Å². The van der Waals surface area contributed by atoms with Gasteiger partial charge in [-0.2, -0.15) is 28.4 Å². The molecule has 45 heavy (non-hydrogen) atoms. The number of nitrogens with zero attached hydrogens (tertiary/aromatic N) is 3. The summed E-state index contributed by atoms with van der Waals surface area (Å²) in [6, 6.07) is 6.62. The molecule has 3 aromatic rings. The SMILES string of the molecule is N#CC1(C(=O)NCc2ccc(C(F)(F)F)c(Nc3nc4nc(OCC(F)F)c(C(=O)CCCC5CCCCC5)cc4[nH]3)c2)CC1. The van der Waals surface area contributed by atoms with Crippen LogP contribution in [0.1, 0.15) is 85.7 Å². The maximum absolute atomic E-state index is 13.9. The highest BCUT2D eigenvalue weighted by molar-refractivity contribution is 6.00. The van der Waals surface area contributed by atoms with Crippen molar-refractivity contribution >= 4 is 34.5 Å². The molecule has 3 N–H and O–H groups in total. The molecule has 5 rings (SSSR count).